The number of piperidine rings is 1. The van der Waals surface area contributed by atoms with Crippen molar-refractivity contribution < 1.29 is 21.6 Å². The second-order valence-electron chi connectivity index (χ2n) is 6.95. The first kappa shape index (κ1) is 26.0. The molecule has 2 rings (SSSR count). The molecule has 11 heteroatoms. The van der Waals surface area contributed by atoms with Gasteiger partial charge in [-0.15, -0.1) is 24.0 Å². The molecular formula is C18H28F3IN4O2S. The van der Waals surface area contributed by atoms with E-state index in [0.717, 1.165) is 6.42 Å². The standard InChI is InChI=1S/C18H27F3N4O2S.HI/c1-13-4-5-15(14(2)12-13)6-9-23-17(22-3)24-16-7-10-25(11-8-16)28(26,27)18(19,20)21;/h4-5,12,16H,6-11H2,1-3H3,(H2,22,23,24);1H. The van der Waals surface area contributed by atoms with Gasteiger partial charge in [0, 0.05) is 32.7 Å². The molecule has 6 nitrogen and oxygen atoms in total. The van der Waals surface area contributed by atoms with E-state index in [-0.39, 0.29) is 55.9 Å². The molecule has 2 N–H and O–H groups in total. The van der Waals surface area contributed by atoms with E-state index in [9.17, 15) is 21.6 Å². The van der Waals surface area contributed by atoms with Gasteiger partial charge < -0.3 is 10.6 Å². The van der Waals surface area contributed by atoms with Crippen LogP contribution < -0.4 is 10.6 Å². The molecule has 0 atom stereocenters. The summed E-state index contributed by atoms with van der Waals surface area (Å²) in [5.41, 5.74) is -1.58. The van der Waals surface area contributed by atoms with Crippen LogP contribution in [0.25, 0.3) is 0 Å². The molecule has 1 aromatic rings. The van der Waals surface area contributed by atoms with Gasteiger partial charge in [0.05, 0.1) is 0 Å². The molecule has 0 aliphatic carbocycles. The van der Waals surface area contributed by atoms with Crippen molar-refractivity contribution in [2.75, 3.05) is 26.7 Å². The van der Waals surface area contributed by atoms with Gasteiger partial charge in [0.25, 0.3) is 0 Å². The summed E-state index contributed by atoms with van der Waals surface area (Å²) in [5, 5.41) is 6.36. The number of hydrogen-bond donors (Lipinski definition) is 2. The summed E-state index contributed by atoms with van der Waals surface area (Å²) in [4.78, 5) is 4.14. The lowest BCUT2D eigenvalue weighted by atomic mass is 10.0. The molecule has 0 bridgehead atoms. The fourth-order valence-corrected chi connectivity index (χ4v) is 4.20. The number of nitrogens with zero attached hydrogens (tertiary/aromatic N) is 2. The Morgan fingerprint density at radius 1 is 1.24 bits per heavy atom. The van der Waals surface area contributed by atoms with Crippen LogP contribution in [-0.4, -0.2) is 56.9 Å². The van der Waals surface area contributed by atoms with E-state index in [1.165, 1.54) is 16.7 Å². The molecule has 0 amide bonds. The molecular weight excluding hydrogens is 520 g/mol. The first-order valence-corrected chi connectivity index (χ1v) is 10.6. The van der Waals surface area contributed by atoms with Gasteiger partial charge in [-0.3, -0.25) is 4.99 Å². The molecule has 1 aliphatic rings. The molecule has 0 unspecified atom stereocenters. The van der Waals surface area contributed by atoms with Crippen LogP contribution in [-0.2, 0) is 16.4 Å². The van der Waals surface area contributed by atoms with Gasteiger partial charge in [0.15, 0.2) is 5.96 Å². The molecule has 1 aromatic carbocycles. The number of sulfonamides is 1. The number of guanidine groups is 1. The first-order chi connectivity index (χ1) is 13.0. The number of alkyl halides is 3. The number of halogens is 4. The maximum absolute atomic E-state index is 12.6. The van der Waals surface area contributed by atoms with Crippen molar-refractivity contribution in [3.8, 4) is 0 Å². The average Bonchev–Trinajstić information content (AvgIpc) is 2.62. The molecule has 0 aromatic heterocycles. The lowest BCUT2D eigenvalue weighted by molar-refractivity contribution is -0.0494. The third kappa shape index (κ3) is 6.99. The Hall–Kier alpha value is -1.08. The smallest absolute Gasteiger partial charge is 0.356 e. The Bertz CT molecular complexity index is 808. The molecule has 1 fully saturated rings. The highest BCUT2D eigenvalue weighted by Gasteiger charge is 2.50. The zero-order valence-corrected chi connectivity index (χ0v) is 19.9. The van der Waals surface area contributed by atoms with Gasteiger partial charge >= 0.3 is 15.5 Å². The van der Waals surface area contributed by atoms with Gasteiger partial charge in [-0.1, -0.05) is 23.8 Å². The molecule has 1 heterocycles. The Labute approximate surface area is 187 Å². The number of benzene rings is 1. The van der Waals surface area contributed by atoms with E-state index < -0.39 is 15.5 Å². The number of aliphatic imine (C=N–C) groups is 1. The van der Waals surface area contributed by atoms with Crippen molar-refractivity contribution in [1.82, 2.24) is 14.9 Å². The van der Waals surface area contributed by atoms with Crippen molar-refractivity contribution in [1.29, 1.82) is 0 Å². The Kier molecular flexibility index (Phi) is 9.67. The third-order valence-corrected chi connectivity index (χ3v) is 6.47. The zero-order chi connectivity index (χ0) is 20.9. The van der Waals surface area contributed by atoms with E-state index >= 15 is 0 Å². The fourth-order valence-electron chi connectivity index (χ4n) is 3.22. The van der Waals surface area contributed by atoms with Gasteiger partial charge in [-0.25, -0.2) is 8.42 Å². The largest absolute Gasteiger partial charge is 0.511 e. The Morgan fingerprint density at radius 2 is 1.86 bits per heavy atom. The Morgan fingerprint density at radius 3 is 2.38 bits per heavy atom. The van der Waals surface area contributed by atoms with Gasteiger partial charge in [0.2, 0.25) is 0 Å². The monoisotopic (exact) mass is 548 g/mol. The minimum atomic E-state index is -5.25. The van der Waals surface area contributed by atoms with Crippen LogP contribution in [0, 0.1) is 13.8 Å². The van der Waals surface area contributed by atoms with E-state index in [1.54, 1.807) is 7.05 Å². The van der Waals surface area contributed by atoms with Crippen LogP contribution >= 0.6 is 24.0 Å². The molecule has 0 radical (unpaired) electrons. The number of rotatable bonds is 5. The second kappa shape index (κ2) is 10.8. The maximum atomic E-state index is 12.6. The summed E-state index contributed by atoms with van der Waals surface area (Å²) in [6, 6.07) is 6.16. The van der Waals surface area contributed by atoms with Crippen molar-refractivity contribution in [3.05, 3.63) is 34.9 Å². The quantitative estimate of drug-likeness (QED) is 0.337. The van der Waals surface area contributed by atoms with E-state index in [0.29, 0.717) is 16.8 Å². The van der Waals surface area contributed by atoms with E-state index in [4.69, 9.17) is 0 Å². The van der Waals surface area contributed by atoms with Crippen molar-refractivity contribution >= 4 is 40.0 Å². The predicted octanol–water partition coefficient (Wildman–Crippen LogP) is 2.94. The summed E-state index contributed by atoms with van der Waals surface area (Å²) in [6.07, 6.45) is 1.38. The van der Waals surface area contributed by atoms with E-state index in [2.05, 4.69) is 40.7 Å². The number of aryl methyl sites for hydroxylation is 2. The van der Waals surface area contributed by atoms with Crippen molar-refractivity contribution in [3.63, 3.8) is 0 Å². The van der Waals surface area contributed by atoms with Crippen LogP contribution in [0.4, 0.5) is 13.2 Å². The normalized spacial score (nSPS) is 17.0. The molecule has 0 spiro atoms. The summed E-state index contributed by atoms with van der Waals surface area (Å²) in [7, 11) is -3.63. The highest BCUT2D eigenvalue weighted by molar-refractivity contribution is 14.0. The maximum Gasteiger partial charge on any atom is 0.511 e. The van der Waals surface area contributed by atoms with Crippen LogP contribution in [0.2, 0.25) is 0 Å². The van der Waals surface area contributed by atoms with Crippen LogP contribution in [0.5, 0.6) is 0 Å². The van der Waals surface area contributed by atoms with Crippen molar-refractivity contribution in [2.45, 2.75) is 44.7 Å². The number of nitrogens with one attached hydrogen (secondary N) is 2. The van der Waals surface area contributed by atoms with Crippen LogP contribution in [0.15, 0.2) is 23.2 Å². The second-order valence-corrected chi connectivity index (χ2v) is 8.88. The Balaban J connectivity index is 0.00000420. The molecule has 1 saturated heterocycles. The lowest BCUT2D eigenvalue weighted by Gasteiger charge is -2.32. The zero-order valence-electron chi connectivity index (χ0n) is 16.7. The minimum Gasteiger partial charge on any atom is -0.356 e. The summed E-state index contributed by atoms with van der Waals surface area (Å²) >= 11 is 0. The first-order valence-electron chi connectivity index (χ1n) is 9.14. The average molecular weight is 548 g/mol. The minimum absolute atomic E-state index is 0. The van der Waals surface area contributed by atoms with Crippen LogP contribution in [0.3, 0.4) is 0 Å². The summed E-state index contributed by atoms with van der Waals surface area (Å²) in [5.74, 6) is 0.557. The lowest BCUT2D eigenvalue weighted by Crippen LogP contribution is -2.51. The number of hydrogen-bond acceptors (Lipinski definition) is 3. The highest BCUT2D eigenvalue weighted by atomic mass is 127. The van der Waals surface area contributed by atoms with Crippen LogP contribution in [0.1, 0.15) is 29.5 Å². The summed E-state index contributed by atoms with van der Waals surface area (Å²) < 4.78 is 61.3. The van der Waals surface area contributed by atoms with E-state index in [1.807, 2.05) is 6.92 Å². The molecule has 29 heavy (non-hydrogen) atoms. The fraction of sp³-hybridized carbons (Fsp3) is 0.611. The third-order valence-electron chi connectivity index (χ3n) is 4.84. The molecule has 166 valence electrons. The van der Waals surface area contributed by atoms with Gasteiger partial charge in [-0.05, 0) is 44.2 Å². The molecule has 0 saturated carbocycles. The van der Waals surface area contributed by atoms with Gasteiger partial charge in [-0.2, -0.15) is 17.5 Å². The SMILES string of the molecule is CN=C(NCCc1ccc(C)cc1C)NC1CCN(S(=O)(=O)C(F)(F)F)CC1.I. The highest BCUT2D eigenvalue weighted by Crippen LogP contribution is 2.28. The predicted molar refractivity (Wildman–Crippen MR) is 119 cm³/mol. The topological polar surface area (TPSA) is 73.8 Å². The van der Waals surface area contributed by atoms with Gasteiger partial charge in [0.1, 0.15) is 0 Å². The molecule has 1 aliphatic heterocycles. The summed E-state index contributed by atoms with van der Waals surface area (Å²) in [6.45, 7) is 4.44. The van der Waals surface area contributed by atoms with Crippen molar-refractivity contribution in [2.24, 2.45) is 4.99 Å².